The quantitative estimate of drug-likeness (QED) is 0.178. The van der Waals surface area contributed by atoms with Crippen molar-refractivity contribution in [2.75, 3.05) is 20.6 Å². The number of phenolic OH excluding ortho intramolecular Hbond substituents is 1. The zero-order chi connectivity index (χ0) is 30.4. The molecule has 0 radical (unpaired) electrons. The minimum Gasteiger partial charge on any atom is -0.508 e. The molecule has 1 fully saturated rings. The number of likely N-dealkylation sites (N-methyl/N-ethyl adjacent to an activating group) is 1. The van der Waals surface area contributed by atoms with Gasteiger partial charge >= 0.3 is 5.97 Å². The van der Waals surface area contributed by atoms with Gasteiger partial charge in [0.15, 0.2) is 11.4 Å². The Morgan fingerprint density at radius 1 is 1.12 bits per heavy atom. The molecule has 2 amide bonds. The summed E-state index contributed by atoms with van der Waals surface area (Å²) in [6, 6.07) is 3.13. The highest BCUT2D eigenvalue weighted by Crippen LogP contribution is 2.55. The number of carboxylic acids is 1. The number of nitrogens with zero attached hydrogens (tertiary/aromatic N) is 1. The summed E-state index contributed by atoms with van der Waals surface area (Å²) in [5.41, 5.74) is 1.47. The number of Topliss-reactive ketones (excluding diaryl/α,β-unsaturated/α-hetero) is 2. The maximum Gasteiger partial charge on any atom is 0.322 e. The number of aliphatic hydroxyl groups is 4. The lowest BCUT2D eigenvalue weighted by Crippen LogP contribution is -2.70. The Morgan fingerprint density at radius 2 is 1.71 bits per heavy atom. The molecule has 0 aromatic heterocycles. The maximum absolute atomic E-state index is 13.7. The number of hydrogen-bond donors (Lipinski definition) is 8. The van der Waals surface area contributed by atoms with E-state index in [0.717, 1.165) is 0 Å². The number of aliphatic carboxylic acids is 1. The van der Waals surface area contributed by atoms with Crippen LogP contribution in [0, 0.1) is 11.8 Å². The molecule has 3 aliphatic carbocycles. The minimum atomic E-state index is -2.89. The van der Waals surface area contributed by atoms with E-state index in [1.807, 2.05) is 0 Å². The summed E-state index contributed by atoms with van der Waals surface area (Å²) in [6.45, 7) is 2.65. The zero-order valence-corrected chi connectivity index (χ0v) is 22.6. The van der Waals surface area contributed by atoms with Crippen molar-refractivity contribution in [1.82, 2.24) is 10.2 Å². The third-order valence-electron chi connectivity index (χ3n) is 7.48. The van der Waals surface area contributed by atoms with E-state index in [1.165, 1.54) is 32.0 Å². The monoisotopic (exact) mass is 579 g/mol. The first kappa shape index (κ1) is 32.9. The molecule has 0 unspecified atom stereocenters. The van der Waals surface area contributed by atoms with E-state index in [0.29, 0.717) is 5.56 Å². The Bertz CT molecular complexity index is 1350. The Kier molecular flexibility index (Phi) is 9.36. The van der Waals surface area contributed by atoms with Gasteiger partial charge in [-0.05, 0) is 31.6 Å². The first-order valence-corrected chi connectivity index (χ1v) is 12.1. The molecule has 0 saturated heterocycles. The lowest BCUT2D eigenvalue weighted by Gasteiger charge is -2.53. The number of carbonyl (C=O) groups excluding carboxylic acids is 4. The van der Waals surface area contributed by atoms with Crippen LogP contribution in [0.4, 0.5) is 0 Å². The van der Waals surface area contributed by atoms with Crippen molar-refractivity contribution < 1.29 is 60.1 Å². The Morgan fingerprint density at radius 3 is 2.17 bits per heavy atom. The average molecular weight is 580 g/mol. The Labute approximate surface area is 233 Å². The summed E-state index contributed by atoms with van der Waals surface area (Å²) in [5, 5.41) is 64.9. The Hall–Kier alpha value is -4.31. The number of phenols is 1. The van der Waals surface area contributed by atoms with Gasteiger partial charge in [0.2, 0.25) is 11.7 Å². The third kappa shape index (κ3) is 5.15. The topological polar surface area (TPSA) is 280 Å². The van der Waals surface area contributed by atoms with Crippen LogP contribution in [0.5, 0.6) is 5.75 Å². The van der Waals surface area contributed by atoms with E-state index < -0.39 is 81.6 Å². The van der Waals surface area contributed by atoms with Crippen LogP contribution < -0.4 is 11.1 Å². The number of ketones is 2. The average Bonchev–Trinajstić information content (AvgIpc) is 2.85. The van der Waals surface area contributed by atoms with E-state index in [1.54, 1.807) is 19.1 Å². The number of aromatic hydroxyl groups is 1. The lowest BCUT2D eigenvalue weighted by molar-refractivity contribution is -0.169. The van der Waals surface area contributed by atoms with Gasteiger partial charge in [-0.3, -0.25) is 28.9 Å². The molecule has 1 aromatic rings. The van der Waals surface area contributed by atoms with E-state index in [9.17, 15) is 49.5 Å². The summed E-state index contributed by atoms with van der Waals surface area (Å²) in [6.07, 6.45) is -1.59. The fourth-order valence-electron chi connectivity index (χ4n) is 5.78. The number of hydrogen-bond acceptors (Lipinski definition) is 11. The first-order valence-electron chi connectivity index (χ1n) is 12.1. The van der Waals surface area contributed by atoms with E-state index in [4.69, 9.17) is 10.8 Å². The van der Waals surface area contributed by atoms with Crippen LogP contribution in [-0.4, -0.2) is 109 Å². The van der Waals surface area contributed by atoms with Gasteiger partial charge in [0.25, 0.3) is 5.91 Å². The number of nitrogens with one attached hydrogen (secondary N) is 1. The van der Waals surface area contributed by atoms with Gasteiger partial charge < -0.3 is 47.2 Å². The van der Waals surface area contributed by atoms with Crippen molar-refractivity contribution in [3.63, 3.8) is 0 Å². The number of nitrogens with two attached hydrogens (primary N) is 1. The molecular formula is C26H33N3O12. The number of carbonyl (C=O) groups is 5. The zero-order valence-electron chi connectivity index (χ0n) is 22.6. The number of primary amides is 1. The minimum absolute atomic E-state index is 0. The SMILES string of the molecule is CC(=O)NCC(=O)O.C[C@H]1c2cccc(O)c2C(O)=C2C(=O)[C@]3(O)C(O)=C(C(N)=O)C(=O)[C@@H](N(C)C)[C@@H]3[C@@H](O)[C@@H]21.O. The molecule has 4 rings (SSSR count). The number of amides is 2. The van der Waals surface area contributed by atoms with Crippen molar-refractivity contribution in [2.45, 2.75) is 37.5 Å². The molecule has 41 heavy (non-hydrogen) atoms. The molecule has 0 bridgehead atoms. The second-order valence-corrected chi connectivity index (χ2v) is 10.1. The largest absolute Gasteiger partial charge is 0.508 e. The predicted octanol–water partition coefficient (Wildman–Crippen LogP) is -2.12. The highest BCUT2D eigenvalue weighted by atomic mass is 16.4. The number of rotatable bonds is 4. The summed E-state index contributed by atoms with van der Waals surface area (Å²) in [5.74, 6) is -10.2. The molecule has 15 nitrogen and oxygen atoms in total. The number of fused-ring (bicyclic) bond motifs is 3. The normalized spacial score (nSPS) is 28.4. The second kappa shape index (κ2) is 11.7. The molecule has 1 saturated carbocycles. The van der Waals surface area contributed by atoms with Crippen LogP contribution in [0.25, 0.3) is 5.76 Å². The molecule has 0 heterocycles. The number of aliphatic hydroxyl groups excluding tert-OH is 3. The fourth-order valence-corrected chi connectivity index (χ4v) is 5.78. The van der Waals surface area contributed by atoms with Crippen LogP contribution >= 0.6 is 0 Å². The number of benzene rings is 1. The highest BCUT2D eigenvalue weighted by Gasteiger charge is 2.68. The van der Waals surface area contributed by atoms with Crippen molar-refractivity contribution in [1.29, 1.82) is 0 Å². The van der Waals surface area contributed by atoms with Crippen molar-refractivity contribution in [3.05, 3.63) is 46.2 Å². The summed E-state index contributed by atoms with van der Waals surface area (Å²) >= 11 is 0. The molecule has 15 heteroatoms. The standard InChI is InChI=1S/C22H24N2O8.C4H7NO3.H2O/c1-7-8-5-4-6-9(25)11(8)16(26)12-10(7)17(27)14-15(24(2)3)18(28)13(21(23)31)20(30)22(14,32)19(12)29;1-3(6)5-2-4(7)8;/h4-7,10,14-15,17,25-27,30,32H,1-3H3,(H2,23,31);2H2,1H3,(H,5,6)(H,7,8);1H2/t7-,10+,14+,15-,17-,22-;;/m0../s1. The third-order valence-corrected chi connectivity index (χ3v) is 7.48. The summed E-state index contributed by atoms with van der Waals surface area (Å²) in [7, 11) is 2.92. The van der Waals surface area contributed by atoms with E-state index in [-0.39, 0.29) is 29.2 Å². The number of carboxylic acid groups (broad SMARTS) is 1. The van der Waals surface area contributed by atoms with Gasteiger partial charge in [-0.2, -0.15) is 0 Å². The smallest absolute Gasteiger partial charge is 0.322 e. The van der Waals surface area contributed by atoms with Crippen molar-refractivity contribution in [2.24, 2.45) is 17.6 Å². The molecule has 11 N–H and O–H groups in total. The van der Waals surface area contributed by atoms with Gasteiger partial charge in [0.1, 0.15) is 29.4 Å². The highest BCUT2D eigenvalue weighted by molar-refractivity contribution is 6.24. The lowest BCUT2D eigenvalue weighted by atomic mass is 9.54. The van der Waals surface area contributed by atoms with Gasteiger partial charge in [-0.1, -0.05) is 19.1 Å². The van der Waals surface area contributed by atoms with E-state index in [2.05, 4.69) is 5.32 Å². The summed E-state index contributed by atoms with van der Waals surface area (Å²) in [4.78, 5) is 59.6. The molecule has 0 spiro atoms. The summed E-state index contributed by atoms with van der Waals surface area (Å²) < 4.78 is 0. The molecule has 1 aromatic carbocycles. The van der Waals surface area contributed by atoms with Gasteiger partial charge in [-0.25, -0.2) is 0 Å². The molecule has 3 aliphatic rings. The Balaban J connectivity index is 0.000000574. The molecule has 6 atom stereocenters. The molecule has 224 valence electrons. The van der Waals surface area contributed by atoms with Crippen molar-refractivity contribution >= 4 is 35.1 Å². The second-order valence-electron chi connectivity index (χ2n) is 10.1. The van der Waals surface area contributed by atoms with E-state index >= 15 is 0 Å². The maximum atomic E-state index is 13.7. The van der Waals surface area contributed by atoms with Crippen LogP contribution in [0.1, 0.15) is 30.9 Å². The van der Waals surface area contributed by atoms with Crippen LogP contribution in [0.15, 0.2) is 35.1 Å². The van der Waals surface area contributed by atoms with Gasteiger partial charge in [0, 0.05) is 18.4 Å². The van der Waals surface area contributed by atoms with Gasteiger partial charge in [0.05, 0.1) is 23.6 Å². The van der Waals surface area contributed by atoms with Crippen molar-refractivity contribution in [3.8, 4) is 5.75 Å². The predicted molar refractivity (Wildman–Crippen MR) is 140 cm³/mol. The fraction of sp³-hybridized carbons (Fsp3) is 0.423. The molecule has 0 aliphatic heterocycles. The van der Waals surface area contributed by atoms with Gasteiger partial charge in [-0.15, -0.1) is 0 Å². The first-order chi connectivity index (χ1) is 18.5. The van der Waals surface area contributed by atoms with Crippen LogP contribution in [-0.2, 0) is 24.0 Å². The molecular weight excluding hydrogens is 546 g/mol. The van der Waals surface area contributed by atoms with Crippen LogP contribution in [0.3, 0.4) is 0 Å². The van der Waals surface area contributed by atoms with Crippen LogP contribution in [0.2, 0.25) is 0 Å².